The second kappa shape index (κ2) is 8.06. The lowest BCUT2D eigenvalue weighted by Gasteiger charge is -2.07. The first-order valence-electron chi connectivity index (χ1n) is 6.65. The molecule has 0 aliphatic heterocycles. The summed E-state index contributed by atoms with van der Waals surface area (Å²) < 4.78 is 26.3. The van der Waals surface area contributed by atoms with Crippen LogP contribution in [0.15, 0.2) is 17.3 Å². The maximum atomic E-state index is 11.9. The first-order chi connectivity index (χ1) is 9.10. The molecule has 0 saturated carbocycles. The Morgan fingerprint density at radius 2 is 1.63 bits per heavy atom. The normalized spacial score (nSPS) is 11.5. The lowest BCUT2D eigenvalue weighted by Crippen LogP contribution is -2.25. The fourth-order valence-corrected chi connectivity index (χ4v) is 2.35. The number of aromatic nitrogens is 2. The van der Waals surface area contributed by atoms with E-state index in [4.69, 9.17) is 0 Å². The van der Waals surface area contributed by atoms with Crippen LogP contribution in [0.4, 0.5) is 5.95 Å². The van der Waals surface area contributed by atoms with Crippen molar-refractivity contribution in [3.05, 3.63) is 12.4 Å². The number of hydrogen-bond donors (Lipinski definition) is 2. The lowest BCUT2D eigenvalue weighted by atomic mass is 10.3. The summed E-state index contributed by atoms with van der Waals surface area (Å²) in [6.07, 6.45) is 6.53. The number of nitrogens with zero attached hydrogens (tertiary/aromatic N) is 2. The SMILES string of the molecule is CCCCNc1ncc(S(=O)(=O)NCCCC)cn1. The number of anilines is 1. The molecule has 0 fully saturated rings. The molecular weight excluding hydrogens is 264 g/mol. The summed E-state index contributed by atoms with van der Waals surface area (Å²) in [5, 5.41) is 3.04. The third kappa shape index (κ3) is 5.52. The second-order valence-corrected chi connectivity index (χ2v) is 6.04. The molecule has 0 amide bonds. The highest BCUT2D eigenvalue weighted by Gasteiger charge is 2.14. The zero-order valence-corrected chi connectivity index (χ0v) is 12.3. The zero-order valence-electron chi connectivity index (χ0n) is 11.5. The van der Waals surface area contributed by atoms with Crippen LogP contribution >= 0.6 is 0 Å². The van der Waals surface area contributed by atoms with Gasteiger partial charge in [-0.3, -0.25) is 0 Å². The molecule has 2 N–H and O–H groups in total. The van der Waals surface area contributed by atoms with Crippen molar-refractivity contribution in [2.75, 3.05) is 18.4 Å². The van der Waals surface area contributed by atoms with Crippen LogP contribution in [0.2, 0.25) is 0 Å². The van der Waals surface area contributed by atoms with Gasteiger partial charge >= 0.3 is 0 Å². The monoisotopic (exact) mass is 286 g/mol. The van der Waals surface area contributed by atoms with Gasteiger partial charge in [0.2, 0.25) is 16.0 Å². The Hall–Kier alpha value is -1.21. The largest absolute Gasteiger partial charge is 0.354 e. The van der Waals surface area contributed by atoms with E-state index in [1.165, 1.54) is 12.4 Å². The minimum Gasteiger partial charge on any atom is -0.354 e. The first-order valence-corrected chi connectivity index (χ1v) is 8.14. The van der Waals surface area contributed by atoms with E-state index in [0.717, 1.165) is 32.2 Å². The van der Waals surface area contributed by atoms with E-state index in [2.05, 4.69) is 26.9 Å². The van der Waals surface area contributed by atoms with E-state index in [1.807, 2.05) is 6.92 Å². The van der Waals surface area contributed by atoms with Gasteiger partial charge in [-0.25, -0.2) is 23.1 Å². The molecule has 1 heterocycles. The van der Waals surface area contributed by atoms with Crippen LogP contribution in [0.3, 0.4) is 0 Å². The predicted octanol–water partition coefficient (Wildman–Crippen LogP) is 1.77. The van der Waals surface area contributed by atoms with Crippen LogP contribution in [-0.4, -0.2) is 31.5 Å². The zero-order chi connectivity index (χ0) is 14.1. The van der Waals surface area contributed by atoms with E-state index in [9.17, 15) is 8.42 Å². The molecule has 0 aliphatic carbocycles. The maximum Gasteiger partial charge on any atom is 0.243 e. The quantitative estimate of drug-likeness (QED) is 0.676. The molecule has 19 heavy (non-hydrogen) atoms. The number of unbranched alkanes of at least 4 members (excludes halogenated alkanes) is 2. The molecule has 1 aromatic rings. The molecule has 0 aromatic carbocycles. The Balaban J connectivity index is 2.59. The molecule has 1 aromatic heterocycles. The van der Waals surface area contributed by atoms with Gasteiger partial charge in [-0.2, -0.15) is 0 Å². The molecule has 0 spiro atoms. The Morgan fingerprint density at radius 1 is 1.05 bits per heavy atom. The molecular formula is C12H22N4O2S. The van der Waals surface area contributed by atoms with Gasteiger partial charge in [0.15, 0.2) is 0 Å². The summed E-state index contributed by atoms with van der Waals surface area (Å²) in [5.41, 5.74) is 0. The third-order valence-corrected chi connectivity index (χ3v) is 3.99. The Morgan fingerprint density at radius 3 is 2.21 bits per heavy atom. The summed E-state index contributed by atoms with van der Waals surface area (Å²) in [4.78, 5) is 8.11. The molecule has 7 heteroatoms. The van der Waals surface area contributed by atoms with E-state index >= 15 is 0 Å². The van der Waals surface area contributed by atoms with Crippen molar-refractivity contribution in [1.82, 2.24) is 14.7 Å². The van der Waals surface area contributed by atoms with E-state index in [1.54, 1.807) is 0 Å². The molecule has 0 atom stereocenters. The van der Waals surface area contributed by atoms with E-state index in [-0.39, 0.29) is 4.90 Å². The summed E-state index contributed by atoms with van der Waals surface area (Å²) in [5.74, 6) is 0.459. The summed E-state index contributed by atoms with van der Waals surface area (Å²) in [7, 11) is -3.48. The fraction of sp³-hybridized carbons (Fsp3) is 0.667. The highest BCUT2D eigenvalue weighted by atomic mass is 32.2. The third-order valence-electron chi connectivity index (χ3n) is 2.57. The number of nitrogens with one attached hydrogen (secondary N) is 2. The highest BCUT2D eigenvalue weighted by Crippen LogP contribution is 2.07. The standard InChI is InChI=1S/C12H22N4O2S/c1-3-5-7-13-12-14-9-11(10-15-12)19(17,18)16-8-6-4-2/h9-10,16H,3-8H2,1-2H3,(H,13,14,15). The molecule has 1 rings (SSSR count). The van der Waals surface area contributed by atoms with Crippen molar-refractivity contribution in [1.29, 1.82) is 0 Å². The van der Waals surface area contributed by atoms with Gasteiger partial charge in [0.05, 0.1) is 12.4 Å². The van der Waals surface area contributed by atoms with Crippen molar-refractivity contribution in [2.45, 2.75) is 44.4 Å². The first kappa shape index (κ1) is 15.8. The smallest absolute Gasteiger partial charge is 0.243 e. The van der Waals surface area contributed by atoms with Gasteiger partial charge in [-0.15, -0.1) is 0 Å². The van der Waals surface area contributed by atoms with Gasteiger partial charge in [0, 0.05) is 13.1 Å². The van der Waals surface area contributed by atoms with Gasteiger partial charge in [-0.1, -0.05) is 26.7 Å². The molecule has 6 nitrogen and oxygen atoms in total. The van der Waals surface area contributed by atoms with Crippen LogP contribution in [-0.2, 0) is 10.0 Å². The van der Waals surface area contributed by atoms with Crippen LogP contribution in [0.5, 0.6) is 0 Å². The van der Waals surface area contributed by atoms with Gasteiger partial charge < -0.3 is 5.32 Å². The molecule has 108 valence electrons. The van der Waals surface area contributed by atoms with Crippen molar-refractivity contribution in [2.24, 2.45) is 0 Å². The maximum absolute atomic E-state index is 11.9. The summed E-state index contributed by atoms with van der Waals surface area (Å²) in [6, 6.07) is 0. The highest BCUT2D eigenvalue weighted by molar-refractivity contribution is 7.89. The Bertz CT molecular complexity index is 459. The van der Waals surface area contributed by atoms with Crippen molar-refractivity contribution >= 4 is 16.0 Å². The average molecular weight is 286 g/mol. The molecule has 0 bridgehead atoms. The lowest BCUT2D eigenvalue weighted by molar-refractivity contribution is 0.577. The van der Waals surface area contributed by atoms with Crippen LogP contribution < -0.4 is 10.0 Å². The number of sulfonamides is 1. The van der Waals surface area contributed by atoms with Crippen LogP contribution in [0, 0.1) is 0 Å². The van der Waals surface area contributed by atoms with E-state index in [0.29, 0.717) is 12.5 Å². The van der Waals surface area contributed by atoms with Crippen molar-refractivity contribution in [3.8, 4) is 0 Å². The molecule has 0 unspecified atom stereocenters. The molecule has 0 radical (unpaired) electrons. The summed E-state index contributed by atoms with van der Waals surface area (Å²) >= 11 is 0. The molecule has 0 saturated heterocycles. The van der Waals surface area contributed by atoms with Crippen LogP contribution in [0.1, 0.15) is 39.5 Å². The number of hydrogen-bond acceptors (Lipinski definition) is 5. The van der Waals surface area contributed by atoms with Crippen molar-refractivity contribution in [3.63, 3.8) is 0 Å². The van der Waals surface area contributed by atoms with Crippen LogP contribution in [0.25, 0.3) is 0 Å². The fourth-order valence-electron chi connectivity index (χ4n) is 1.39. The van der Waals surface area contributed by atoms with Gasteiger partial charge in [0.1, 0.15) is 4.90 Å². The molecule has 0 aliphatic rings. The van der Waals surface area contributed by atoms with E-state index < -0.39 is 10.0 Å². The Kier molecular flexibility index (Phi) is 6.72. The predicted molar refractivity (Wildman–Crippen MR) is 75.5 cm³/mol. The van der Waals surface area contributed by atoms with Gasteiger partial charge in [0.25, 0.3) is 0 Å². The topological polar surface area (TPSA) is 84.0 Å². The minimum absolute atomic E-state index is 0.102. The Labute approximate surface area is 115 Å². The number of rotatable bonds is 9. The summed E-state index contributed by atoms with van der Waals surface area (Å²) in [6.45, 7) is 5.33. The van der Waals surface area contributed by atoms with Crippen molar-refractivity contribution < 1.29 is 8.42 Å². The average Bonchev–Trinajstić information content (AvgIpc) is 2.40. The minimum atomic E-state index is -3.48. The van der Waals surface area contributed by atoms with Gasteiger partial charge in [-0.05, 0) is 12.8 Å². The second-order valence-electron chi connectivity index (χ2n) is 4.27.